The van der Waals surface area contributed by atoms with Crippen LogP contribution in [0.3, 0.4) is 0 Å². The second-order valence-corrected chi connectivity index (χ2v) is 5.09. The van der Waals surface area contributed by atoms with Gasteiger partial charge in [0.2, 0.25) is 12.1 Å². The first-order valence-corrected chi connectivity index (χ1v) is 6.25. The van der Waals surface area contributed by atoms with Gasteiger partial charge in [0.05, 0.1) is 0 Å². The molecule has 1 aromatic rings. The third-order valence-corrected chi connectivity index (χ3v) is 3.47. The normalized spacial score (nSPS) is 17.6. The second-order valence-electron chi connectivity index (χ2n) is 4.17. The number of carbonyl (C=O) groups is 1. The van der Waals surface area contributed by atoms with Crippen LogP contribution in [0, 0.1) is 0 Å². The van der Waals surface area contributed by atoms with E-state index in [4.69, 9.17) is 0 Å². The van der Waals surface area contributed by atoms with Gasteiger partial charge in [-0.3, -0.25) is 9.69 Å². The van der Waals surface area contributed by atoms with Crippen molar-refractivity contribution < 1.29 is 18.0 Å². The highest BCUT2D eigenvalue weighted by atomic mass is 79.9. The maximum absolute atomic E-state index is 13.6. The number of benzene rings is 1. The number of nitrogens with zero attached hydrogens (tertiary/aromatic N) is 1. The van der Waals surface area contributed by atoms with Gasteiger partial charge in [0, 0.05) is 17.6 Å². The van der Waals surface area contributed by atoms with E-state index in [2.05, 4.69) is 15.9 Å². The summed E-state index contributed by atoms with van der Waals surface area (Å²) in [5.41, 5.74) is 1.92. The number of hydrogen-bond donors (Lipinski definition) is 0. The Morgan fingerprint density at radius 2 is 2.00 bits per heavy atom. The van der Waals surface area contributed by atoms with Crippen LogP contribution in [0.4, 0.5) is 13.2 Å². The fourth-order valence-electron chi connectivity index (χ4n) is 2.02. The SMILES string of the molecule is O=C(C(F)F)C(F)N1CCc2ccc(Br)cc2C1. The van der Waals surface area contributed by atoms with Crippen molar-refractivity contribution in [1.29, 1.82) is 0 Å². The van der Waals surface area contributed by atoms with Gasteiger partial charge in [-0.15, -0.1) is 0 Å². The standard InChI is InChI=1S/C12H11BrF3NO/c13-9-2-1-7-3-4-17(6-8(7)5-9)12(16)10(18)11(14)15/h1-2,5,11-12H,3-4,6H2. The van der Waals surface area contributed by atoms with E-state index in [0.29, 0.717) is 6.42 Å². The minimum Gasteiger partial charge on any atom is -0.288 e. The molecule has 1 aliphatic heterocycles. The zero-order chi connectivity index (χ0) is 13.3. The molecular weight excluding hydrogens is 311 g/mol. The molecule has 98 valence electrons. The highest BCUT2D eigenvalue weighted by Gasteiger charge is 2.33. The Bertz CT molecular complexity index is 467. The summed E-state index contributed by atoms with van der Waals surface area (Å²) in [6.45, 7) is 0.447. The van der Waals surface area contributed by atoms with Crippen LogP contribution in [-0.2, 0) is 17.8 Å². The van der Waals surface area contributed by atoms with E-state index >= 15 is 0 Å². The summed E-state index contributed by atoms with van der Waals surface area (Å²) < 4.78 is 38.8. The van der Waals surface area contributed by atoms with E-state index in [1.54, 1.807) is 0 Å². The van der Waals surface area contributed by atoms with E-state index in [1.807, 2.05) is 18.2 Å². The van der Waals surface area contributed by atoms with Crippen LogP contribution >= 0.6 is 15.9 Å². The van der Waals surface area contributed by atoms with Crippen LogP contribution in [0.25, 0.3) is 0 Å². The zero-order valence-electron chi connectivity index (χ0n) is 9.38. The van der Waals surface area contributed by atoms with E-state index in [-0.39, 0.29) is 13.1 Å². The molecule has 0 aliphatic carbocycles. The fraction of sp³-hybridized carbons (Fsp3) is 0.417. The Morgan fingerprint density at radius 3 is 2.67 bits per heavy atom. The largest absolute Gasteiger partial charge is 0.300 e. The molecule has 0 saturated heterocycles. The molecule has 0 radical (unpaired) electrons. The van der Waals surface area contributed by atoms with Crippen molar-refractivity contribution >= 4 is 21.7 Å². The Morgan fingerprint density at radius 1 is 1.28 bits per heavy atom. The highest BCUT2D eigenvalue weighted by molar-refractivity contribution is 9.10. The Hall–Kier alpha value is -0.880. The first-order chi connectivity index (χ1) is 8.49. The smallest absolute Gasteiger partial charge is 0.288 e. The zero-order valence-corrected chi connectivity index (χ0v) is 11.0. The average molecular weight is 322 g/mol. The van der Waals surface area contributed by atoms with Crippen molar-refractivity contribution in [2.45, 2.75) is 25.7 Å². The molecule has 0 fully saturated rings. The first-order valence-electron chi connectivity index (χ1n) is 5.46. The summed E-state index contributed by atoms with van der Waals surface area (Å²) in [5.74, 6) is -1.66. The molecule has 1 aliphatic rings. The Balaban J connectivity index is 2.14. The van der Waals surface area contributed by atoms with Gasteiger partial charge in [-0.25, -0.2) is 13.2 Å². The van der Waals surface area contributed by atoms with Crippen LogP contribution in [-0.4, -0.2) is 29.9 Å². The minimum atomic E-state index is -3.26. The maximum atomic E-state index is 13.6. The molecule has 0 aromatic heterocycles. The Labute approximate surface area is 111 Å². The third kappa shape index (κ3) is 2.75. The maximum Gasteiger partial charge on any atom is 0.300 e. The van der Waals surface area contributed by atoms with Crippen molar-refractivity contribution in [2.24, 2.45) is 0 Å². The molecule has 0 N–H and O–H groups in total. The lowest BCUT2D eigenvalue weighted by Crippen LogP contribution is -2.43. The average Bonchev–Trinajstić information content (AvgIpc) is 2.35. The van der Waals surface area contributed by atoms with Gasteiger partial charge < -0.3 is 0 Å². The monoisotopic (exact) mass is 321 g/mol. The van der Waals surface area contributed by atoms with Crippen molar-refractivity contribution in [3.8, 4) is 0 Å². The summed E-state index contributed by atoms with van der Waals surface area (Å²) in [7, 11) is 0. The lowest BCUT2D eigenvalue weighted by atomic mass is 9.99. The van der Waals surface area contributed by atoms with Crippen LogP contribution < -0.4 is 0 Å². The highest BCUT2D eigenvalue weighted by Crippen LogP contribution is 2.25. The molecule has 1 heterocycles. The van der Waals surface area contributed by atoms with Gasteiger partial charge in [-0.2, -0.15) is 0 Å². The molecule has 0 bridgehead atoms. The summed E-state index contributed by atoms with van der Waals surface area (Å²) in [4.78, 5) is 12.1. The number of hydrogen-bond acceptors (Lipinski definition) is 2. The minimum absolute atomic E-state index is 0.175. The summed E-state index contributed by atoms with van der Waals surface area (Å²) in [6.07, 6.45) is -4.93. The van der Waals surface area contributed by atoms with Gasteiger partial charge in [-0.05, 0) is 29.7 Å². The molecule has 18 heavy (non-hydrogen) atoms. The van der Waals surface area contributed by atoms with Gasteiger partial charge in [0.1, 0.15) is 0 Å². The number of alkyl halides is 3. The number of rotatable bonds is 3. The predicted molar refractivity (Wildman–Crippen MR) is 64.2 cm³/mol. The van der Waals surface area contributed by atoms with Crippen molar-refractivity contribution in [2.75, 3.05) is 6.54 Å². The lowest BCUT2D eigenvalue weighted by molar-refractivity contribution is -0.142. The number of ketones is 1. The van der Waals surface area contributed by atoms with Crippen molar-refractivity contribution in [3.63, 3.8) is 0 Å². The third-order valence-electron chi connectivity index (χ3n) is 2.98. The van der Waals surface area contributed by atoms with Crippen molar-refractivity contribution in [1.82, 2.24) is 4.90 Å². The van der Waals surface area contributed by atoms with Crippen LogP contribution in [0.1, 0.15) is 11.1 Å². The number of Topliss-reactive ketones (excluding diaryl/α,β-unsaturated/α-hetero) is 1. The molecule has 1 aromatic carbocycles. The quantitative estimate of drug-likeness (QED) is 0.798. The van der Waals surface area contributed by atoms with E-state index in [0.717, 1.165) is 20.5 Å². The van der Waals surface area contributed by atoms with Gasteiger partial charge >= 0.3 is 0 Å². The van der Waals surface area contributed by atoms with E-state index in [1.165, 1.54) is 0 Å². The molecule has 1 unspecified atom stereocenters. The van der Waals surface area contributed by atoms with Crippen LogP contribution in [0.15, 0.2) is 22.7 Å². The molecule has 0 amide bonds. The lowest BCUT2D eigenvalue weighted by Gasteiger charge is -2.30. The first kappa shape index (κ1) is 13.5. The molecule has 0 saturated carbocycles. The number of fused-ring (bicyclic) bond motifs is 1. The van der Waals surface area contributed by atoms with Gasteiger partial charge in [0.25, 0.3) is 6.43 Å². The van der Waals surface area contributed by atoms with Gasteiger partial charge in [-0.1, -0.05) is 22.0 Å². The summed E-state index contributed by atoms with van der Waals surface area (Å²) in [5, 5.41) is 0. The second kappa shape index (κ2) is 5.40. The molecule has 1 atom stereocenters. The van der Waals surface area contributed by atoms with Crippen molar-refractivity contribution in [3.05, 3.63) is 33.8 Å². The summed E-state index contributed by atoms with van der Waals surface area (Å²) >= 11 is 3.30. The molecule has 2 nitrogen and oxygen atoms in total. The number of halogens is 4. The Kier molecular flexibility index (Phi) is 4.07. The van der Waals surface area contributed by atoms with E-state index < -0.39 is 18.5 Å². The molecule has 2 rings (SSSR count). The number of carbonyl (C=O) groups excluding carboxylic acids is 1. The predicted octanol–water partition coefficient (Wildman–Crippen LogP) is 2.94. The van der Waals surface area contributed by atoms with Crippen LogP contribution in [0.5, 0.6) is 0 Å². The fourth-order valence-corrected chi connectivity index (χ4v) is 2.43. The topological polar surface area (TPSA) is 20.3 Å². The summed E-state index contributed by atoms with van der Waals surface area (Å²) in [6, 6.07) is 5.62. The molecular formula is C12H11BrF3NO. The van der Waals surface area contributed by atoms with Gasteiger partial charge in [0.15, 0.2) is 0 Å². The molecule has 6 heteroatoms. The van der Waals surface area contributed by atoms with Crippen LogP contribution in [0.2, 0.25) is 0 Å². The molecule has 0 spiro atoms. The van der Waals surface area contributed by atoms with E-state index in [9.17, 15) is 18.0 Å².